The van der Waals surface area contributed by atoms with Crippen molar-refractivity contribution in [2.24, 2.45) is 11.7 Å². The molecule has 1 aromatic carbocycles. The molecule has 1 amide bonds. The van der Waals surface area contributed by atoms with E-state index in [1.165, 1.54) is 0 Å². The van der Waals surface area contributed by atoms with E-state index in [0.717, 1.165) is 24.2 Å². The van der Waals surface area contributed by atoms with Gasteiger partial charge >= 0.3 is 6.09 Å². The van der Waals surface area contributed by atoms with Gasteiger partial charge in [-0.1, -0.05) is 25.1 Å². The molecule has 0 bridgehead atoms. The number of nitrogens with zero attached hydrogens (tertiary/aromatic N) is 1. The second-order valence-corrected chi connectivity index (χ2v) is 7.39. The summed E-state index contributed by atoms with van der Waals surface area (Å²) in [6.45, 7) is 9.71. The van der Waals surface area contributed by atoms with Crippen molar-refractivity contribution in [3.63, 3.8) is 0 Å². The molecule has 1 fully saturated rings. The van der Waals surface area contributed by atoms with E-state index < -0.39 is 5.60 Å². The first-order chi connectivity index (χ1) is 11.3. The average molecular weight is 334 g/mol. The van der Waals surface area contributed by atoms with E-state index in [1.54, 1.807) is 4.90 Å². The summed E-state index contributed by atoms with van der Waals surface area (Å²) in [6.07, 6.45) is 1.58. The largest absolute Gasteiger partial charge is 0.493 e. The Morgan fingerprint density at radius 3 is 2.75 bits per heavy atom. The van der Waals surface area contributed by atoms with Crippen LogP contribution in [0.1, 0.15) is 52.1 Å². The maximum atomic E-state index is 12.2. The quantitative estimate of drug-likeness (QED) is 0.891. The van der Waals surface area contributed by atoms with Crippen molar-refractivity contribution in [2.45, 2.75) is 52.2 Å². The third kappa shape index (κ3) is 4.87. The fraction of sp³-hybridized carbons (Fsp3) is 0.632. The number of carbonyl (C=O) groups is 1. The Morgan fingerprint density at radius 1 is 1.38 bits per heavy atom. The Morgan fingerprint density at radius 2 is 2.08 bits per heavy atom. The number of carbonyl (C=O) groups excluding carboxylic acids is 1. The predicted octanol–water partition coefficient (Wildman–Crippen LogP) is 3.73. The van der Waals surface area contributed by atoms with Crippen molar-refractivity contribution in [1.29, 1.82) is 0 Å². The zero-order chi connectivity index (χ0) is 17.7. The number of likely N-dealkylation sites (tertiary alicyclic amines) is 1. The molecule has 1 heterocycles. The molecule has 134 valence electrons. The molecule has 1 aliphatic rings. The van der Waals surface area contributed by atoms with E-state index in [1.807, 2.05) is 45.0 Å². The number of benzene rings is 1. The molecular formula is C19H30N2O3. The summed E-state index contributed by atoms with van der Waals surface area (Å²) >= 11 is 0. The first kappa shape index (κ1) is 18.6. The third-order valence-corrected chi connectivity index (χ3v) is 4.12. The van der Waals surface area contributed by atoms with Crippen LogP contribution in [0, 0.1) is 5.92 Å². The molecule has 0 saturated carbocycles. The Labute approximate surface area is 145 Å². The van der Waals surface area contributed by atoms with E-state index in [0.29, 0.717) is 19.7 Å². The number of ether oxygens (including phenoxy) is 2. The molecule has 1 saturated heterocycles. The van der Waals surface area contributed by atoms with E-state index >= 15 is 0 Å². The highest BCUT2D eigenvalue weighted by Gasteiger charge is 2.34. The van der Waals surface area contributed by atoms with E-state index in [-0.39, 0.29) is 18.1 Å². The first-order valence-corrected chi connectivity index (χ1v) is 8.77. The summed E-state index contributed by atoms with van der Waals surface area (Å²) in [5.74, 6) is 1.06. The highest BCUT2D eigenvalue weighted by Crippen LogP contribution is 2.33. The van der Waals surface area contributed by atoms with Crippen molar-refractivity contribution in [1.82, 2.24) is 4.90 Å². The Bertz CT molecular complexity index is 554. The Balaban J connectivity index is 2.02. The minimum absolute atomic E-state index is 0.148. The topological polar surface area (TPSA) is 64.8 Å². The summed E-state index contributed by atoms with van der Waals surface area (Å²) in [4.78, 5) is 14.0. The second kappa shape index (κ2) is 7.88. The van der Waals surface area contributed by atoms with Gasteiger partial charge in [-0.05, 0) is 45.6 Å². The maximum absolute atomic E-state index is 12.2. The standard InChI is InChI=1S/C19H30N2O3/c1-5-12-23-16-9-7-6-8-15(16)17(20)14-10-11-21(13-14)18(22)24-19(2,3)4/h6-9,14,17H,5,10-13,20H2,1-4H3. The van der Waals surface area contributed by atoms with E-state index in [4.69, 9.17) is 15.2 Å². The molecule has 24 heavy (non-hydrogen) atoms. The fourth-order valence-corrected chi connectivity index (χ4v) is 2.93. The molecule has 2 N–H and O–H groups in total. The summed E-state index contributed by atoms with van der Waals surface area (Å²) in [7, 11) is 0. The van der Waals surface area contributed by atoms with Crippen LogP contribution in [-0.4, -0.2) is 36.3 Å². The van der Waals surface area contributed by atoms with Crippen LogP contribution in [0.2, 0.25) is 0 Å². The highest BCUT2D eigenvalue weighted by atomic mass is 16.6. The molecule has 2 rings (SSSR count). The Hall–Kier alpha value is -1.75. The lowest BCUT2D eigenvalue weighted by Gasteiger charge is -2.25. The number of rotatable bonds is 5. The molecular weight excluding hydrogens is 304 g/mol. The number of hydrogen-bond acceptors (Lipinski definition) is 4. The van der Waals surface area contributed by atoms with Crippen LogP contribution in [-0.2, 0) is 4.74 Å². The van der Waals surface area contributed by atoms with Crippen molar-refractivity contribution >= 4 is 6.09 Å². The lowest BCUT2D eigenvalue weighted by molar-refractivity contribution is 0.0286. The molecule has 0 aliphatic carbocycles. The predicted molar refractivity (Wildman–Crippen MR) is 95.1 cm³/mol. The van der Waals surface area contributed by atoms with Crippen molar-refractivity contribution in [3.05, 3.63) is 29.8 Å². The van der Waals surface area contributed by atoms with Gasteiger partial charge in [0.05, 0.1) is 6.61 Å². The van der Waals surface area contributed by atoms with E-state index in [2.05, 4.69) is 6.92 Å². The molecule has 1 aliphatic heterocycles. The molecule has 5 heteroatoms. The van der Waals surface area contributed by atoms with Gasteiger partial charge in [0.15, 0.2) is 0 Å². The van der Waals surface area contributed by atoms with Gasteiger partial charge in [0, 0.05) is 24.7 Å². The van der Waals surface area contributed by atoms with Crippen LogP contribution >= 0.6 is 0 Å². The maximum Gasteiger partial charge on any atom is 0.410 e. The third-order valence-electron chi connectivity index (χ3n) is 4.12. The summed E-state index contributed by atoms with van der Waals surface area (Å²) in [5, 5.41) is 0. The van der Waals surface area contributed by atoms with Crippen LogP contribution < -0.4 is 10.5 Å². The van der Waals surface area contributed by atoms with Gasteiger partial charge in [0.1, 0.15) is 11.4 Å². The van der Waals surface area contributed by atoms with Crippen LogP contribution in [0.15, 0.2) is 24.3 Å². The minimum atomic E-state index is -0.474. The van der Waals surface area contributed by atoms with Crippen molar-refractivity contribution in [2.75, 3.05) is 19.7 Å². The molecule has 0 spiro atoms. The van der Waals surface area contributed by atoms with E-state index in [9.17, 15) is 4.79 Å². The van der Waals surface area contributed by atoms with Crippen LogP contribution in [0.4, 0.5) is 4.79 Å². The lowest BCUT2D eigenvalue weighted by Crippen LogP contribution is -2.36. The summed E-state index contributed by atoms with van der Waals surface area (Å²) in [5.41, 5.74) is 7.05. The van der Waals surface area contributed by atoms with Gasteiger partial charge in [0.2, 0.25) is 0 Å². The summed E-state index contributed by atoms with van der Waals surface area (Å²) in [6, 6.07) is 7.78. The number of hydrogen-bond donors (Lipinski definition) is 1. The number of para-hydroxylation sites is 1. The zero-order valence-electron chi connectivity index (χ0n) is 15.2. The van der Waals surface area contributed by atoms with Crippen molar-refractivity contribution < 1.29 is 14.3 Å². The normalized spacial score (nSPS) is 19.2. The van der Waals surface area contributed by atoms with Gasteiger partial charge in [-0.2, -0.15) is 0 Å². The molecule has 1 aromatic rings. The van der Waals surface area contributed by atoms with Gasteiger partial charge in [-0.3, -0.25) is 0 Å². The summed E-state index contributed by atoms with van der Waals surface area (Å²) < 4.78 is 11.3. The zero-order valence-corrected chi connectivity index (χ0v) is 15.2. The second-order valence-electron chi connectivity index (χ2n) is 7.39. The van der Waals surface area contributed by atoms with Crippen LogP contribution in [0.25, 0.3) is 0 Å². The SMILES string of the molecule is CCCOc1ccccc1C(N)C1CCN(C(=O)OC(C)(C)C)C1. The lowest BCUT2D eigenvalue weighted by atomic mass is 9.92. The fourth-order valence-electron chi connectivity index (χ4n) is 2.93. The first-order valence-electron chi connectivity index (χ1n) is 8.77. The highest BCUT2D eigenvalue weighted by molar-refractivity contribution is 5.68. The number of amides is 1. The van der Waals surface area contributed by atoms with Gasteiger partial charge in [-0.25, -0.2) is 4.79 Å². The van der Waals surface area contributed by atoms with Gasteiger partial charge in [-0.15, -0.1) is 0 Å². The average Bonchev–Trinajstić information content (AvgIpc) is 3.01. The van der Waals surface area contributed by atoms with Gasteiger partial charge < -0.3 is 20.1 Å². The van der Waals surface area contributed by atoms with Gasteiger partial charge in [0.25, 0.3) is 0 Å². The monoisotopic (exact) mass is 334 g/mol. The molecule has 2 unspecified atom stereocenters. The molecule has 2 atom stereocenters. The molecule has 0 aromatic heterocycles. The minimum Gasteiger partial charge on any atom is -0.493 e. The smallest absolute Gasteiger partial charge is 0.410 e. The molecule has 0 radical (unpaired) electrons. The van der Waals surface area contributed by atoms with Crippen LogP contribution in [0.5, 0.6) is 5.75 Å². The number of nitrogens with two attached hydrogens (primary N) is 1. The molecule has 5 nitrogen and oxygen atoms in total. The van der Waals surface area contributed by atoms with Crippen molar-refractivity contribution in [3.8, 4) is 5.75 Å². The Kier molecular flexibility index (Phi) is 6.10. The van der Waals surface area contributed by atoms with Crippen LogP contribution in [0.3, 0.4) is 0 Å².